The molecule has 0 fully saturated rings. The molecule has 1 amide bonds. The summed E-state index contributed by atoms with van der Waals surface area (Å²) in [5.74, 6) is 0.120. The van der Waals surface area contributed by atoms with Crippen LogP contribution in [0.2, 0.25) is 5.02 Å². The number of fused-ring (bicyclic) bond motifs is 1. The average Bonchev–Trinajstić information content (AvgIpc) is 2.75. The molecular formula is C13H17ClN4O. The monoisotopic (exact) mass is 280 g/mol. The number of aromatic nitrogens is 2. The number of hydrogen-bond acceptors (Lipinski definition) is 3. The third-order valence-corrected chi connectivity index (χ3v) is 3.01. The molecule has 19 heavy (non-hydrogen) atoms. The molecule has 1 N–H and O–H groups in total. The summed E-state index contributed by atoms with van der Waals surface area (Å²) in [4.78, 5) is 17.4. The van der Waals surface area contributed by atoms with Crippen LogP contribution in [0, 0.1) is 0 Å². The highest BCUT2D eigenvalue weighted by atomic mass is 35.5. The number of carbonyl (C=O) groups excluding carboxylic acids is 1. The van der Waals surface area contributed by atoms with Gasteiger partial charge in [-0.05, 0) is 12.1 Å². The molecule has 0 spiro atoms. The lowest BCUT2D eigenvalue weighted by molar-refractivity contribution is -0.128. The first-order valence-electron chi connectivity index (χ1n) is 6.10. The molecule has 2 rings (SSSR count). The van der Waals surface area contributed by atoms with Crippen molar-refractivity contribution in [1.82, 2.24) is 19.6 Å². The number of halogens is 1. The second-order valence-corrected chi connectivity index (χ2v) is 5.00. The van der Waals surface area contributed by atoms with Crippen LogP contribution in [-0.2, 0) is 11.3 Å². The molecular weight excluding hydrogens is 264 g/mol. The van der Waals surface area contributed by atoms with E-state index >= 15 is 0 Å². The van der Waals surface area contributed by atoms with E-state index < -0.39 is 0 Å². The molecule has 0 unspecified atom stereocenters. The minimum absolute atomic E-state index is 0.120. The zero-order chi connectivity index (χ0) is 13.8. The molecule has 0 aliphatic carbocycles. The summed E-state index contributed by atoms with van der Waals surface area (Å²) in [5, 5.41) is 3.89. The van der Waals surface area contributed by atoms with E-state index in [9.17, 15) is 4.79 Å². The van der Waals surface area contributed by atoms with Crippen LogP contribution in [0.15, 0.2) is 24.5 Å². The maximum absolute atomic E-state index is 11.4. The molecule has 6 heteroatoms. The number of imidazole rings is 1. The van der Waals surface area contributed by atoms with E-state index in [1.54, 1.807) is 19.0 Å². The summed E-state index contributed by atoms with van der Waals surface area (Å²) in [6.07, 6.45) is 4.25. The second-order valence-electron chi connectivity index (χ2n) is 4.56. The van der Waals surface area contributed by atoms with Crippen LogP contribution in [0.4, 0.5) is 0 Å². The fourth-order valence-corrected chi connectivity index (χ4v) is 1.91. The highest BCUT2D eigenvalue weighted by molar-refractivity contribution is 6.30. The predicted molar refractivity (Wildman–Crippen MR) is 75.2 cm³/mol. The minimum atomic E-state index is 0.120. The van der Waals surface area contributed by atoms with Crippen molar-refractivity contribution in [3.63, 3.8) is 0 Å². The Hall–Kier alpha value is -1.59. The van der Waals surface area contributed by atoms with Gasteiger partial charge in [-0.1, -0.05) is 11.6 Å². The van der Waals surface area contributed by atoms with Gasteiger partial charge in [0.1, 0.15) is 5.65 Å². The number of carbonyl (C=O) groups is 1. The highest BCUT2D eigenvalue weighted by Gasteiger charge is 2.04. The van der Waals surface area contributed by atoms with Gasteiger partial charge in [-0.2, -0.15) is 0 Å². The zero-order valence-electron chi connectivity index (χ0n) is 11.1. The van der Waals surface area contributed by atoms with Crippen LogP contribution in [0.25, 0.3) is 5.65 Å². The minimum Gasteiger partial charge on any atom is -0.349 e. The van der Waals surface area contributed by atoms with E-state index in [2.05, 4.69) is 10.3 Å². The van der Waals surface area contributed by atoms with Crippen LogP contribution in [0.1, 0.15) is 12.1 Å². The lowest BCUT2D eigenvalue weighted by Gasteiger charge is -2.09. The van der Waals surface area contributed by atoms with E-state index in [-0.39, 0.29) is 5.91 Å². The summed E-state index contributed by atoms with van der Waals surface area (Å²) >= 11 is 5.91. The first kappa shape index (κ1) is 13.8. The van der Waals surface area contributed by atoms with Gasteiger partial charge >= 0.3 is 0 Å². The lowest BCUT2D eigenvalue weighted by Crippen LogP contribution is -2.26. The molecule has 5 nitrogen and oxygen atoms in total. The molecule has 0 bridgehead atoms. The molecule has 2 aromatic rings. The number of rotatable bonds is 5. The maximum Gasteiger partial charge on any atom is 0.223 e. The van der Waals surface area contributed by atoms with Crippen molar-refractivity contribution in [2.45, 2.75) is 13.0 Å². The number of hydrogen-bond donors (Lipinski definition) is 1. The average molecular weight is 281 g/mol. The van der Waals surface area contributed by atoms with Crippen molar-refractivity contribution >= 4 is 23.2 Å². The summed E-state index contributed by atoms with van der Waals surface area (Å²) in [7, 11) is 3.52. The van der Waals surface area contributed by atoms with Gasteiger partial charge in [0.05, 0.1) is 10.7 Å². The summed E-state index contributed by atoms with van der Waals surface area (Å²) in [6.45, 7) is 1.28. The molecule has 0 atom stereocenters. The van der Waals surface area contributed by atoms with Gasteiger partial charge < -0.3 is 14.6 Å². The molecule has 0 aliphatic heterocycles. The molecule has 0 radical (unpaired) electrons. The Labute approximate surface area is 117 Å². The Morgan fingerprint density at radius 2 is 2.21 bits per heavy atom. The molecule has 0 saturated heterocycles. The van der Waals surface area contributed by atoms with E-state index in [4.69, 9.17) is 11.6 Å². The van der Waals surface area contributed by atoms with Crippen molar-refractivity contribution in [1.29, 1.82) is 0 Å². The Balaban J connectivity index is 1.86. The molecule has 2 aromatic heterocycles. The standard InChI is InChI=1S/C13H17ClN4O/c1-17(2)13(19)5-6-15-7-11-9-18-8-10(14)3-4-12(18)16-11/h3-4,8-9,15H,5-7H2,1-2H3. The van der Waals surface area contributed by atoms with Gasteiger partial charge in [0.25, 0.3) is 0 Å². The summed E-state index contributed by atoms with van der Waals surface area (Å²) in [5.41, 5.74) is 1.80. The quantitative estimate of drug-likeness (QED) is 0.846. The third kappa shape index (κ3) is 3.68. The van der Waals surface area contributed by atoms with Crippen molar-refractivity contribution in [3.8, 4) is 0 Å². The normalized spacial score (nSPS) is 10.9. The van der Waals surface area contributed by atoms with E-state index in [0.29, 0.717) is 24.5 Å². The Morgan fingerprint density at radius 1 is 1.42 bits per heavy atom. The topological polar surface area (TPSA) is 49.6 Å². The van der Waals surface area contributed by atoms with Crippen molar-refractivity contribution in [2.75, 3.05) is 20.6 Å². The van der Waals surface area contributed by atoms with Gasteiger partial charge in [0.15, 0.2) is 0 Å². The van der Waals surface area contributed by atoms with Crippen LogP contribution < -0.4 is 5.32 Å². The number of amides is 1. The predicted octanol–water partition coefficient (Wildman–Crippen LogP) is 1.56. The summed E-state index contributed by atoms with van der Waals surface area (Å²) in [6, 6.07) is 3.69. The van der Waals surface area contributed by atoms with Crippen LogP contribution in [-0.4, -0.2) is 40.8 Å². The zero-order valence-corrected chi connectivity index (χ0v) is 11.8. The number of pyridine rings is 1. The smallest absolute Gasteiger partial charge is 0.223 e. The summed E-state index contributed by atoms with van der Waals surface area (Å²) < 4.78 is 1.89. The number of nitrogens with one attached hydrogen (secondary N) is 1. The van der Waals surface area contributed by atoms with Crippen LogP contribution in [0.3, 0.4) is 0 Å². The van der Waals surface area contributed by atoms with E-state index in [0.717, 1.165) is 11.3 Å². The largest absolute Gasteiger partial charge is 0.349 e. The first-order chi connectivity index (χ1) is 9.06. The number of nitrogens with zero attached hydrogens (tertiary/aromatic N) is 3. The van der Waals surface area contributed by atoms with Crippen molar-refractivity contribution in [3.05, 3.63) is 35.2 Å². The first-order valence-corrected chi connectivity index (χ1v) is 6.48. The molecule has 0 aromatic carbocycles. The van der Waals surface area contributed by atoms with E-state index in [1.165, 1.54) is 0 Å². The molecule has 0 aliphatic rings. The lowest BCUT2D eigenvalue weighted by atomic mass is 10.3. The Kier molecular flexibility index (Phi) is 4.39. The van der Waals surface area contributed by atoms with Gasteiger partial charge in [0, 0.05) is 46.0 Å². The highest BCUT2D eigenvalue weighted by Crippen LogP contribution is 2.11. The SMILES string of the molecule is CN(C)C(=O)CCNCc1cn2cc(Cl)ccc2n1. The van der Waals surface area contributed by atoms with Gasteiger partial charge in [-0.15, -0.1) is 0 Å². The second kappa shape index (κ2) is 6.04. The van der Waals surface area contributed by atoms with Crippen LogP contribution in [0.5, 0.6) is 0 Å². The maximum atomic E-state index is 11.4. The van der Waals surface area contributed by atoms with Crippen LogP contribution >= 0.6 is 11.6 Å². The molecule has 2 heterocycles. The molecule has 0 saturated carbocycles. The fraction of sp³-hybridized carbons (Fsp3) is 0.385. The Bertz CT molecular complexity index is 579. The Morgan fingerprint density at radius 3 is 2.95 bits per heavy atom. The van der Waals surface area contributed by atoms with Gasteiger partial charge in [-0.3, -0.25) is 4.79 Å². The van der Waals surface area contributed by atoms with Gasteiger partial charge in [0.2, 0.25) is 5.91 Å². The van der Waals surface area contributed by atoms with Crippen molar-refractivity contribution in [2.24, 2.45) is 0 Å². The molecule has 102 valence electrons. The third-order valence-electron chi connectivity index (χ3n) is 2.79. The van der Waals surface area contributed by atoms with Gasteiger partial charge in [-0.25, -0.2) is 4.98 Å². The van der Waals surface area contributed by atoms with Crippen molar-refractivity contribution < 1.29 is 4.79 Å². The van der Waals surface area contributed by atoms with E-state index in [1.807, 2.05) is 28.9 Å². The fourth-order valence-electron chi connectivity index (χ4n) is 1.74.